The number of aliphatic hydroxyl groups is 1. The first-order valence-electron chi connectivity index (χ1n) is 6.19. The van der Waals surface area contributed by atoms with Gasteiger partial charge in [-0.3, -0.25) is 0 Å². The Kier molecular flexibility index (Phi) is 5.97. The lowest BCUT2D eigenvalue weighted by molar-refractivity contribution is 0.0555. The number of nitrogens with one attached hydrogen (secondary N) is 1. The highest BCUT2D eigenvalue weighted by Crippen LogP contribution is 2.19. The maximum absolute atomic E-state index is 11.4. The molecule has 106 valence electrons. The van der Waals surface area contributed by atoms with E-state index >= 15 is 0 Å². The first-order chi connectivity index (χ1) is 8.89. The summed E-state index contributed by atoms with van der Waals surface area (Å²) in [7, 11) is 1.36. The average Bonchev–Trinajstić information content (AvgIpc) is 2.39. The van der Waals surface area contributed by atoms with E-state index in [0.29, 0.717) is 25.1 Å². The normalized spacial score (nSPS) is 13.9. The van der Waals surface area contributed by atoms with E-state index in [-0.39, 0.29) is 5.97 Å². The summed E-state index contributed by atoms with van der Waals surface area (Å²) in [4.78, 5) is 11.4. The van der Waals surface area contributed by atoms with Crippen molar-refractivity contribution >= 4 is 21.9 Å². The van der Waals surface area contributed by atoms with Crippen LogP contribution in [0, 0.1) is 0 Å². The lowest BCUT2D eigenvalue weighted by Crippen LogP contribution is -2.36. The van der Waals surface area contributed by atoms with Crippen LogP contribution in [0.1, 0.15) is 36.2 Å². The quantitative estimate of drug-likeness (QED) is 0.787. The third kappa shape index (κ3) is 4.93. The molecule has 0 bridgehead atoms. The van der Waals surface area contributed by atoms with Gasteiger partial charge in [0.25, 0.3) is 0 Å². The molecule has 1 atom stereocenters. The molecular weight excluding hydrogens is 310 g/mol. The molecule has 0 aromatic heterocycles. The average molecular weight is 330 g/mol. The van der Waals surface area contributed by atoms with Crippen LogP contribution in [0.5, 0.6) is 0 Å². The second-order valence-corrected chi connectivity index (χ2v) is 5.61. The zero-order chi connectivity index (χ0) is 14.5. The summed E-state index contributed by atoms with van der Waals surface area (Å²) >= 11 is 3.43. The van der Waals surface area contributed by atoms with E-state index in [1.54, 1.807) is 19.1 Å². The summed E-state index contributed by atoms with van der Waals surface area (Å²) < 4.78 is 5.51. The van der Waals surface area contributed by atoms with Crippen LogP contribution in [0.4, 0.5) is 0 Å². The zero-order valence-corrected chi connectivity index (χ0v) is 13.1. The first-order valence-corrected chi connectivity index (χ1v) is 6.98. The molecule has 1 aromatic rings. The van der Waals surface area contributed by atoms with Crippen LogP contribution < -0.4 is 5.32 Å². The van der Waals surface area contributed by atoms with Crippen LogP contribution in [-0.4, -0.2) is 30.3 Å². The maximum Gasteiger partial charge on any atom is 0.337 e. The van der Waals surface area contributed by atoms with Crippen molar-refractivity contribution < 1.29 is 14.6 Å². The molecule has 0 saturated heterocycles. The third-order valence-corrected chi connectivity index (χ3v) is 3.80. The lowest BCUT2D eigenvalue weighted by Gasteiger charge is -2.21. The second-order valence-electron chi connectivity index (χ2n) is 4.75. The van der Waals surface area contributed by atoms with Gasteiger partial charge in [-0.1, -0.05) is 28.9 Å². The molecular formula is C14H20BrNO3. The number of halogens is 1. The number of carbonyl (C=O) groups excluding carboxylic acids is 1. The fraction of sp³-hybridized carbons (Fsp3) is 0.500. The Morgan fingerprint density at radius 1 is 1.53 bits per heavy atom. The molecule has 0 fully saturated rings. The summed E-state index contributed by atoms with van der Waals surface area (Å²) in [6, 6.07) is 5.33. The molecule has 0 saturated carbocycles. The van der Waals surface area contributed by atoms with Crippen LogP contribution in [0.3, 0.4) is 0 Å². The van der Waals surface area contributed by atoms with Gasteiger partial charge in [-0.05, 0) is 31.0 Å². The molecule has 1 rings (SSSR count). The van der Waals surface area contributed by atoms with Crippen LogP contribution in [0.25, 0.3) is 0 Å². The Morgan fingerprint density at radius 3 is 2.74 bits per heavy atom. The van der Waals surface area contributed by atoms with Gasteiger partial charge in [-0.15, -0.1) is 0 Å². The molecule has 1 unspecified atom stereocenters. The third-order valence-electron chi connectivity index (χ3n) is 3.06. The fourth-order valence-corrected chi connectivity index (χ4v) is 2.05. The summed E-state index contributed by atoms with van der Waals surface area (Å²) in [5, 5.41) is 13.1. The second kappa shape index (κ2) is 7.03. The van der Waals surface area contributed by atoms with E-state index in [1.165, 1.54) is 7.11 Å². The number of carbonyl (C=O) groups is 1. The molecule has 0 radical (unpaired) electrons. The molecule has 0 amide bonds. The van der Waals surface area contributed by atoms with Crippen LogP contribution in [0.15, 0.2) is 22.7 Å². The predicted molar refractivity (Wildman–Crippen MR) is 78.1 cm³/mol. The molecule has 0 aliphatic carbocycles. The molecule has 0 aliphatic rings. The molecule has 2 N–H and O–H groups in total. The van der Waals surface area contributed by atoms with Gasteiger partial charge in [-0.25, -0.2) is 4.79 Å². The van der Waals surface area contributed by atoms with Crippen molar-refractivity contribution in [2.75, 3.05) is 13.7 Å². The molecule has 1 aromatic carbocycles. The van der Waals surface area contributed by atoms with Gasteiger partial charge in [0.15, 0.2) is 0 Å². The van der Waals surface area contributed by atoms with Crippen molar-refractivity contribution in [3.63, 3.8) is 0 Å². The van der Waals surface area contributed by atoms with Crippen molar-refractivity contribution in [1.82, 2.24) is 5.32 Å². The summed E-state index contributed by atoms with van der Waals surface area (Å²) in [6.45, 7) is 4.89. The van der Waals surface area contributed by atoms with Crippen molar-refractivity contribution in [1.29, 1.82) is 0 Å². The number of rotatable bonds is 6. The first kappa shape index (κ1) is 16.1. The molecule has 4 nitrogen and oxygen atoms in total. The van der Waals surface area contributed by atoms with Gasteiger partial charge in [0, 0.05) is 17.6 Å². The highest BCUT2D eigenvalue weighted by molar-refractivity contribution is 9.10. The number of ether oxygens (including phenoxy) is 1. The Balaban J connectivity index is 2.63. The van der Waals surface area contributed by atoms with E-state index in [2.05, 4.69) is 26.0 Å². The number of benzene rings is 1. The fourth-order valence-electron chi connectivity index (χ4n) is 1.53. The van der Waals surface area contributed by atoms with Crippen LogP contribution in [0.2, 0.25) is 0 Å². The Morgan fingerprint density at radius 2 is 2.21 bits per heavy atom. The Hall–Kier alpha value is -0.910. The van der Waals surface area contributed by atoms with Gasteiger partial charge in [-0.2, -0.15) is 0 Å². The van der Waals surface area contributed by atoms with E-state index in [4.69, 9.17) is 0 Å². The van der Waals surface area contributed by atoms with E-state index < -0.39 is 5.60 Å². The number of hydrogen-bond acceptors (Lipinski definition) is 4. The largest absolute Gasteiger partial charge is 0.465 e. The summed E-state index contributed by atoms with van der Waals surface area (Å²) in [5.74, 6) is -0.353. The van der Waals surface area contributed by atoms with Gasteiger partial charge in [0.05, 0.1) is 18.3 Å². The molecule has 19 heavy (non-hydrogen) atoms. The van der Waals surface area contributed by atoms with Gasteiger partial charge in [0.1, 0.15) is 0 Å². The van der Waals surface area contributed by atoms with Crippen LogP contribution >= 0.6 is 15.9 Å². The minimum atomic E-state index is -0.696. The molecule has 5 heteroatoms. The molecule has 0 spiro atoms. The van der Waals surface area contributed by atoms with Crippen molar-refractivity contribution in [3.8, 4) is 0 Å². The highest BCUT2D eigenvalue weighted by atomic mass is 79.9. The van der Waals surface area contributed by atoms with Crippen molar-refractivity contribution in [2.24, 2.45) is 0 Å². The lowest BCUT2D eigenvalue weighted by atomic mass is 10.0. The molecule has 0 heterocycles. The topological polar surface area (TPSA) is 58.6 Å². The minimum absolute atomic E-state index is 0.353. The summed E-state index contributed by atoms with van der Waals surface area (Å²) in [6.07, 6.45) is 0.697. The van der Waals surface area contributed by atoms with Gasteiger partial charge in [0.2, 0.25) is 0 Å². The van der Waals surface area contributed by atoms with E-state index in [0.717, 1.165) is 10.0 Å². The van der Waals surface area contributed by atoms with Crippen molar-refractivity contribution in [3.05, 3.63) is 33.8 Å². The van der Waals surface area contributed by atoms with Crippen molar-refractivity contribution in [2.45, 2.75) is 32.4 Å². The van der Waals surface area contributed by atoms with Gasteiger partial charge < -0.3 is 15.2 Å². The van der Waals surface area contributed by atoms with E-state index in [1.807, 2.05) is 13.0 Å². The van der Waals surface area contributed by atoms with E-state index in [9.17, 15) is 9.90 Å². The molecule has 0 aliphatic heterocycles. The van der Waals surface area contributed by atoms with Gasteiger partial charge >= 0.3 is 5.97 Å². The standard InChI is InChI=1S/C14H20BrNO3/c1-4-14(2,18)9-16-8-11-6-5-10(7-12(11)15)13(17)19-3/h5-7,16,18H,4,8-9H2,1-3H3. The number of hydrogen-bond donors (Lipinski definition) is 2. The zero-order valence-electron chi connectivity index (χ0n) is 11.5. The van der Waals surface area contributed by atoms with Crippen LogP contribution in [-0.2, 0) is 11.3 Å². The minimum Gasteiger partial charge on any atom is -0.465 e. The maximum atomic E-state index is 11.4. The monoisotopic (exact) mass is 329 g/mol. The predicted octanol–water partition coefficient (Wildman–Crippen LogP) is 2.49. The number of methoxy groups -OCH3 is 1. The Bertz CT molecular complexity index is 446. The number of esters is 1. The SMILES string of the molecule is CCC(C)(O)CNCc1ccc(C(=O)OC)cc1Br. The highest BCUT2D eigenvalue weighted by Gasteiger charge is 2.16. The summed E-state index contributed by atoms with van der Waals surface area (Å²) in [5.41, 5.74) is 0.844. The Labute approximate surface area is 122 Å². The smallest absolute Gasteiger partial charge is 0.337 e.